The van der Waals surface area contributed by atoms with Gasteiger partial charge in [-0.05, 0) is 36.1 Å². The molecule has 2 aromatic rings. The zero-order valence-corrected chi connectivity index (χ0v) is 12.4. The molecule has 0 N–H and O–H groups in total. The maximum atomic E-state index is 12.5. The van der Waals surface area contributed by atoms with Gasteiger partial charge in [-0.25, -0.2) is 0 Å². The summed E-state index contributed by atoms with van der Waals surface area (Å²) in [4.78, 5) is 15.0. The molecule has 3 heteroatoms. The van der Waals surface area contributed by atoms with Crippen LogP contribution < -0.4 is 0 Å². The van der Waals surface area contributed by atoms with Crippen molar-refractivity contribution in [1.82, 2.24) is 0 Å². The molecule has 0 saturated carbocycles. The summed E-state index contributed by atoms with van der Waals surface area (Å²) in [5.41, 5.74) is 2.30. The number of benzene rings is 1. The largest absolute Gasteiger partial charge is 0.365 e. The second kappa shape index (κ2) is 5.90. The third-order valence-corrected chi connectivity index (χ3v) is 4.93. The van der Waals surface area contributed by atoms with E-state index in [0.717, 1.165) is 23.3 Å². The van der Waals surface area contributed by atoms with Crippen molar-refractivity contribution in [1.29, 1.82) is 0 Å². The summed E-state index contributed by atoms with van der Waals surface area (Å²) in [6, 6.07) is 12.3. The van der Waals surface area contributed by atoms with E-state index < -0.39 is 0 Å². The van der Waals surface area contributed by atoms with Gasteiger partial charge in [-0.1, -0.05) is 31.2 Å². The fourth-order valence-electron chi connectivity index (χ4n) is 2.63. The molecule has 3 rings (SSSR count). The first kappa shape index (κ1) is 13.5. The number of hydrogen-bond acceptors (Lipinski definition) is 3. The Balaban J connectivity index is 1.78. The van der Waals surface area contributed by atoms with E-state index in [0.29, 0.717) is 13.0 Å². The number of rotatable bonds is 4. The fourth-order valence-corrected chi connectivity index (χ4v) is 3.60. The van der Waals surface area contributed by atoms with Crippen LogP contribution in [0, 0.1) is 0 Å². The highest BCUT2D eigenvalue weighted by Crippen LogP contribution is 2.29. The molecular weight excluding hydrogens is 268 g/mol. The fraction of sp³-hybridized carbons (Fsp3) is 0.353. The Bertz CT molecular complexity index is 615. The van der Waals surface area contributed by atoms with Gasteiger partial charge in [-0.3, -0.25) is 4.79 Å². The van der Waals surface area contributed by atoms with E-state index in [2.05, 4.69) is 25.1 Å². The van der Waals surface area contributed by atoms with Gasteiger partial charge in [0.15, 0.2) is 5.78 Å². The number of aryl methyl sites for hydroxylation is 1. The summed E-state index contributed by atoms with van der Waals surface area (Å²) in [5.74, 6) is 0.168. The highest BCUT2D eigenvalue weighted by molar-refractivity contribution is 7.12. The number of carbonyl (C=O) groups excluding carboxylic acids is 1. The van der Waals surface area contributed by atoms with Crippen LogP contribution >= 0.6 is 11.3 Å². The lowest BCUT2D eigenvalue weighted by Crippen LogP contribution is -2.24. The smallest absolute Gasteiger partial charge is 0.171 e. The summed E-state index contributed by atoms with van der Waals surface area (Å²) in [7, 11) is 0. The van der Waals surface area contributed by atoms with Crippen LogP contribution in [0.15, 0.2) is 36.4 Å². The molecular formula is C17H18O2S. The number of Topliss-reactive ketones (excluding diaryl/α,β-unsaturated/α-hetero) is 1. The summed E-state index contributed by atoms with van der Waals surface area (Å²) in [5, 5.41) is 0. The van der Waals surface area contributed by atoms with Crippen molar-refractivity contribution < 1.29 is 9.53 Å². The SMILES string of the molecule is CCc1ccc(CC(=O)C2OCCc3ccccc32)s1. The average Bonchev–Trinajstić information content (AvgIpc) is 2.94. The second-order valence-electron chi connectivity index (χ2n) is 5.06. The number of thiophene rings is 1. The maximum absolute atomic E-state index is 12.5. The highest BCUT2D eigenvalue weighted by Gasteiger charge is 2.27. The molecule has 0 aliphatic carbocycles. The predicted molar refractivity (Wildman–Crippen MR) is 81.2 cm³/mol. The van der Waals surface area contributed by atoms with E-state index in [1.54, 1.807) is 11.3 Å². The molecule has 0 spiro atoms. The molecule has 1 atom stereocenters. The van der Waals surface area contributed by atoms with Crippen LogP contribution in [0.1, 0.15) is 33.9 Å². The molecule has 0 amide bonds. The third kappa shape index (κ3) is 2.69. The van der Waals surface area contributed by atoms with Crippen LogP contribution in [0.3, 0.4) is 0 Å². The van der Waals surface area contributed by atoms with Gasteiger partial charge < -0.3 is 4.74 Å². The van der Waals surface area contributed by atoms with E-state index in [4.69, 9.17) is 4.74 Å². The first-order chi connectivity index (χ1) is 9.78. The number of ketones is 1. The monoisotopic (exact) mass is 286 g/mol. The second-order valence-corrected chi connectivity index (χ2v) is 6.32. The van der Waals surface area contributed by atoms with E-state index in [-0.39, 0.29) is 11.9 Å². The molecule has 104 valence electrons. The average molecular weight is 286 g/mol. The first-order valence-corrected chi connectivity index (χ1v) is 7.89. The lowest BCUT2D eigenvalue weighted by atomic mass is 9.94. The Labute approximate surface area is 123 Å². The molecule has 1 aliphatic rings. The molecule has 0 bridgehead atoms. The van der Waals surface area contributed by atoms with Gasteiger partial charge in [0, 0.05) is 16.2 Å². The van der Waals surface area contributed by atoms with Crippen molar-refractivity contribution in [2.75, 3.05) is 6.61 Å². The lowest BCUT2D eigenvalue weighted by molar-refractivity contribution is -0.131. The topological polar surface area (TPSA) is 26.3 Å². The van der Waals surface area contributed by atoms with E-state index >= 15 is 0 Å². The van der Waals surface area contributed by atoms with Crippen LogP contribution in [0.5, 0.6) is 0 Å². The van der Waals surface area contributed by atoms with E-state index in [1.807, 2.05) is 18.2 Å². The molecule has 0 fully saturated rings. The molecule has 2 nitrogen and oxygen atoms in total. The predicted octanol–water partition coefficient (Wildman–Crippen LogP) is 3.74. The Morgan fingerprint density at radius 2 is 2.05 bits per heavy atom. The minimum atomic E-state index is -0.382. The van der Waals surface area contributed by atoms with Crippen molar-refractivity contribution in [2.45, 2.75) is 32.3 Å². The van der Waals surface area contributed by atoms with Crippen molar-refractivity contribution in [2.24, 2.45) is 0 Å². The number of ether oxygens (including phenoxy) is 1. The molecule has 20 heavy (non-hydrogen) atoms. The Morgan fingerprint density at radius 3 is 2.85 bits per heavy atom. The quantitative estimate of drug-likeness (QED) is 0.856. The van der Waals surface area contributed by atoms with Gasteiger partial charge in [0.1, 0.15) is 6.10 Å². The van der Waals surface area contributed by atoms with Crippen molar-refractivity contribution >= 4 is 17.1 Å². The molecule has 1 aromatic carbocycles. The maximum Gasteiger partial charge on any atom is 0.171 e. The Hall–Kier alpha value is -1.45. The third-order valence-electron chi connectivity index (χ3n) is 3.70. The van der Waals surface area contributed by atoms with Gasteiger partial charge >= 0.3 is 0 Å². The van der Waals surface area contributed by atoms with Crippen LogP contribution in [0.2, 0.25) is 0 Å². The Kier molecular flexibility index (Phi) is 3.99. The zero-order chi connectivity index (χ0) is 13.9. The molecule has 0 saturated heterocycles. The van der Waals surface area contributed by atoms with Gasteiger partial charge in [-0.15, -0.1) is 11.3 Å². The number of carbonyl (C=O) groups is 1. The number of fused-ring (bicyclic) bond motifs is 1. The molecule has 0 radical (unpaired) electrons. The summed E-state index contributed by atoms with van der Waals surface area (Å²) >= 11 is 1.73. The minimum Gasteiger partial charge on any atom is -0.365 e. The number of hydrogen-bond donors (Lipinski definition) is 0. The summed E-state index contributed by atoms with van der Waals surface area (Å²) in [6.45, 7) is 2.77. The van der Waals surface area contributed by atoms with E-state index in [1.165, 1.54) is 10.4 Å². The van der Waals surface area contributed by atoms with Gasteiger partial charge in [-0.2, -0.15) is 0 Å². The Morgan fingerprint density at radius 1 is 1.25 bits per heavy atom. The van der Waals surface area contributed by atoms with Gasteiger partial charge in [0.25, 0.3) is 0 Å². The minimum absolute atomic E-state index is 0.168. The first-order valence-electron chi connectivity index (χ1n) is 7.07. The van der Waals surface area contributed by atoms with Gasteiger partial charge in [0.2, 0.25) is 0 Å². The van der Waals surface area contributed by atoms with Crippen LogP contribution in [0.4, 0.5) is 0 Å². The van der Waals surface area contributed by atoms with Crippen molar-refractivity contribution in [3.05, 3.63) is 57.3 Å². The summed E-state index contributed by atoms with van der Waals surface area (Å²) in [6.07, 6.45) is 2.02. The van der Waals surface area contributed by atoms with Crippen molar-refractivity contribution in [3.63, 3.8) is 0 Å². The van der Waals surface area contributed by atoms with Gasteiger partial charge in [0.05, 0.1) is 6.61 Å². The molecule has 2 heterocycles. The summed E-state index contributed by atoms with van der Waals surface area (Å²) < 4.78 is 5.73. The highest BCUT2D eigenvalue weighted by atomic mass is 32.1. The molecule has 1 aliphatic heterocycles. The molecule has 1 aromatic heterocycles. The standard InChI is InChI=1S/C17H18O2S/c1-2-13-7-8-14(20-13)11-16(18)17-15-6-4-3-5-12(15)9-10-19-17/h3-8,17H,2,9-11H2,1H3. The van der Waals surface area contributed by atoms with Crippen LogP contribution in [0.25, 0.3) is 0 Å². The van der Waals surface area contributed by atoms with E-state index in [9.17, 15) is 4.79 Å². The van der Waals surface area contributed by atoms with Crippen molar-refractivity contribution in [3.8, 4) is 0 Å². The normalized spacial score (nSPS) is 17.8. The molecule has 1 unspecified atom stereocenters. The van der Waals surface area contributed by atoms with Crippen LogP contribution in [-0.4, -0.2) is 12.4 Å². The zero-order valence-electron chi connectivity index (χ0n) is 11.6. The van der Waals surface area contributed by atoms with Crippen LogP contribution in [-0.2, 0) is 28.8 Å². The lowest BCUT2D eigenvalue weighted by Gasteiger charge is -2.24.